The van der Waals surface area contributed by atoms with Gasteiger partial charge in [0.05, 0.1) is 0 Å². The van der Waals surface area contributed by atoms with E-state index in [4.69, 9.17) is 0 Å². The van der Waals surface area contributed by atoms with E-state index in [0.29, 0.717) is 0 Å². The molecule has 0 heterocycles. The second kappa shape index (κ2) is 2.66. The van der Waals surface area contributed by atoms with E-state index in [1.807, 2.05) is 0 Å². The van der Waals surface area contributed by atoms with Gasteiger partial charge < -0.3 is 0 Å². The molecule has 0 aliphatic rings. The van der Waals surface area contributed by atoms with Crippen LogP contribution in [0.25, 0.3) is 0 Å². The van der Waals surface area contributed by atoms with Gasteiger partial charge in [-0.15, -0.1) is 0 Å². The molecule has 0 aromatic carbocycles. The first-order chi connectivity index (χ1) is 4.15. The molecule has 0 aromatic heterocycles. The number of hydrogen-bond acceptors (Lipinski definition) is 1. The molecule has 0 fully saturated rings. The SMILES string of the molecule is [NH2][Zn]([C](F)(F)F)[C](F)(F)F. The Morgan fingerprint density at radius 2 is 1.00 bits per heavy atom. The number of rotatable bonds is 0. The van der Waals surface area contributed by atoms with Crippen molar-refractivity contribution < 1.29 is 42.5 Å². The molecular weight excluding hydrogens is 217 g/mol. The summed E-state index contributed by atoms with van der Waals surface area (Å²) >= 11 is -5.75. The Balaban J connectivity index is 4.23. The third kappa shape index (κ3) is 2.83. The minimum atomic E-state index is -5.75. The third-order valence-electron chi connectivity index (χ3n) is 0.864. The zero-order chi connectivity index (χ0) is 8.58. The number of hydrogen-bond donors (Lipinski definition) is 1. The van der Waals surface area contributed by atoms with E-state index in [0.717, 1.165) is 0 Å². The van der Waals surface area contributed by atoms with Crippen molar-refractivity contribution in [2.75, 3.05) is 0 Å². The first kappa shape index (κ1) is 10.2. The second-order valence-electron chi connectivity index (χ2n) is 1.82. The summed E-state index contributed by atoms with van der Waals surface area (Å²) in [6, 6.07) is 0. The minimum absolute atomic E-state index is 3.99. The van der Waals surface area contributed by atoms with E-state index in [2.05, 4.69) is 4.48 Å². The Kier molecular flexibility index (Phi) is 2.70. The van der Waals surface area contributed by atoms with Gasteiger partial charge in [0.15, 0.2) is 0 Å². The van der Waals surface area contributed by atoms with Crippen molar-refractivity contribution >= 4 is 0 Å². The molecule has 0 bridgehead atoms. The van der Waals surface area contributed by atoms with Crippen LogP contribution in [0.3, 0.4) is 0 Å². The molecule has 0 radical (unpaired) electrons. The molecule has 0 saturated heterocycles. The second-order valence-corrected chi connectivity index (χ2v) is 7.63. The van der Waals surface area contributed by atoms with Crippen molar-refractivity contribution in [1.29, 1.82) is 0 Å². The van der Waals surface area contributed by atoms with Gasteiger partial charge in [0, 0.05) is 0 Å². The van der Waals surface area contributed by atoms with Crippen LogP contribution in [0.1, 0.15) is 0 Å². The summed E-state index contributed by atoms with van der Waals surface area (Å²) in [5.41, 5.74) is 0. The fourth-order valence-electron chi connectivity index (χ4n) is 0.227. The molecule has 0 unspecified atom stereocenters. The summed E-state index contributed by atoms with van der Waals surface area (Å²) in [4.78, 5) is 0. The summed E-state index contributed by atoms with van der Waals surface area (Å²) in [6.45, 7) is 0. The average Bonchev–Trinajstić information content (AvgIpc) is 1.59. The van der Waals surface area contributed by atoms with E-state index < -0.39 is 25.7 Å². The Labute approximate surface area is 57.3 Å². The summed E-state index contributed by atoms with van der Waals surface area (Å²) in [6.07, 6.45) is 0. The molecular formula is C2H2F6NZn. The van der Waals surface area contributed by atoms with Crippen molar-refractivity contribution in [1.82, 2.24) is 0 Å². The zero-order valence-electron chi connectivity index (χ0n) is 4.55. The van der Waals surface area contributed by atoms with Crippen LogP contribution in [0.2, 0.25) is 0 Å². The zero-order valence-corrected chi connectivity index (χ0v) is 7.52. The van der Waals surface area contributed by atoms with E-state index in [-0.39, 0.29) is 0 Å². The first-order valence-corrected chi connectivity index (χ1v) is 6.93. The molecule has 0 spiro atoms. The molecule has 0 atom stereocenters. The molecule has 2 N–H and O–H groups in total. The summed E-state index contributed by atoms with van der Waals surface area (Å²) in [7, 11) is 0. The van der Waals surface area contributed by atoms with Crippen LogP contribution in [-0.4, -0.2) is 9.54 Å². The Bertz CT molecular complexity index is 99.9. The van der Waals surface area contributed by atoms with Gasteiger partial charge in [-0.1, -0.05) is 0 Å². The Hall–Kier alpha value is 0.163. The number of nitrogens with two attached hydrogens (primary N) is 1. The first-order valence-electron chi connectivity index (χ1n) is 2.25. The monoisotopic (exact) mass is 218 g/mol. The molecule has 59 valence electrons. The quantitative estimate of drug-likeness (QED) is 0.485. The predicted octanol–water partition coefficient (Wildman–Crippen LogP) is 1.52. The van der Waals surface area contributed by atoms with Crippen LogP contribution in [-0.2, 0) is 16.2 Å². The standard InChI is InChI=1S/2CF3.H2N.Zn/c2*2-1(3)4;;/h;;1H2;/q;;-1;+1. The maximum atomic E-state index is 11.2. The topological polar surface area (TPSA) is 26.0 Å². The van der Waals surface area contributed by atoms with Crippen molar-refractivity contribution in [3.8, 4) is 0 Å². The fourth-order valence-corrected chi connectivity index (χ4v) is 1.18. The summed E-state index contributed by atoms with van der Waals surface area (Å²) in [5.74, 6) is 0. The maximum absolute atomic E-state index is 11.2. The summed E-state index contributed by atoms with van der Waals surface area (Å²) in [5, 5.41) is 0. The van der Waals surface area contributed by atoms with Gasteiger partial charge in [-0.05, 0) is 0 Å². The molecule has 0 amide bonds. The van der Waals surface area contributed by atoms with Crippen molar-refractivity contribution in [2.24, 2.45) is 4.48 Å². The van der Waals surface area contributed by atoms with Gasteiger partial charge in [0.1, 0.15) is 0 Å². The molecule has 0 rings (SSSR count). The van der Waals surface area contributed by atoms with Gasteiger partial charge in [-0.25, -0.2) is 0 Å². The van der Waals surface area contributed by atoms with E-state index in [1.54, 1.807) is 0 Å². The molecule has 1 nitrogen and oxygen atoms in total. The molecule has 0 aromatic rings. The van der Waals surface area contributed by atoms with E-state index >= 15 is 0 Å². The molecule has 0 saturated carbocycles. The van der Waals surface area contributed by atoms with Crippen LogP contribution in [0.4, 0.5) is 26.3 Å². The van der Waals surface area contributed by atoms with Crippen LogP contribution in [0, 0.1) is 0 Å². The van der Waals surface area contributed by atoms with E-state index in [9.17, 15) is 26.3 Å². The van der Waals surface area contributed by atoms with Crippen LogP contribution in [0.15, 0.2) is 0 Å². The average molecular weight is 219 g/mol. The molecule has 8 heteroatoms. The van der Waals surface area contributed by atoms with Gasteiger partial charge in [-0.2, -0.15) is 0 Å². The van der Waals surface area contributed by atoms with Gasteiger partial charge in [-0.3, -0.25) is 0 Å². The van der Waals surface area contributed by atoms with Crippen LogP contribution < -0.4 is 4.48 Å². The summed E-state index contributed by atoms with van der Waals surface area (Å²) < 4.78 is 60.8. The third-order valence-corrected chi connectivity index (χ3v) is 4.49. The number of halogens is 6. The van der Waals surface area contributed by atoms with Crippen molar-refractivity contribution in [3.63, 3.8) is 0 Å². The molecule has 0 aliphatic carbocycles. The van der Waals surface area contributed by atoms with Gasteiger partial charge in [0.25, 0.3) is 0 Å². The van der Waals surface area contributed by atoms with Gasteiger partial charge in [0.2, 0.25) is 0 Å². The Morgan fingerprint density at radius 3 is 1.00 bits per heavy atom. The predicted molar refractivity (Wildman–Crippen MR) is 16.3 cm³/mol. The fraction of sp³-hybridized carbons (Fsp3) is 1.00. The van der Waals surface area contributed by atoms with Crippen LogP contribution >= 0.6 is 0 Å². The molecule has 10 heavy (non-hydrogen) atoms. The molecule has 0 aliphatic heterocycles. The normalized spacial score (nSPS) is 13.5. The van der Waals surface area contributed by atoms with Crippen LogP contribution in [0.5, 0.6) is 0 Å². The Morgan fingerprint density at radius 1 is 0.800 bits per heavy atom. The van der Waals surface area contributed by atoms with Crippen molar-refractivity contribution in [2.45, 2.75) is 9.54 Å². The van der Waals surface area contributed by atoms with E-state index in [1.165, 1.54) is 0 Å². The van der Waals surface area contributed by atoms with Crippen molar-refractivity contribution in [3.05, 3.63) is 0 Å². The van der Waals surface area contributed by atoms with Gasteiger partial charge >= 0.3 is 56.5 Å². The number of alkyl halides is 6.